The highest BCUT2D eigenvalue weighted by Crippen LogP contribution is 2.50. The maximum Gasteiger partial charge on any atom is 0.119 e. The highest BCUT2D eigenvalue weighted by molar-refractivity contribution is 7.49. The number of phenolic OH excluding ortho intramolecular Hbond substituents is 1. The summed E-state index contributed by atoms with van der Waals surface area (Å²) >= 11 is 0. The molecule has 0 aromatic heterocycles. The molecule has 0 saturated heterocycles. The van der Waals surface area contributed by atoms with Gasteiger partial charge in [0.15, 0.2) is 0 Å². The zero-order chi connectivity index (χ0) is 20.9. The molecule has 0 bridgehead atoms. The van der Waals surface area contributed by atoms with Gasteiger partial charge in [0.2, 0.25) is 0 Å². The van der Waals surface area contributed by atoms with E-state index >= 15 is 0 Å². The predicted octanol–water partition coefficient (Wildman–Crippen LogP) is 6.19. The van der Waals surface area contributed by atoms with E-state index in [1.165, 1.54) is 16.4 Å². The van der Waals surface area contributed by atoms with Crippen molar-refractivity contribution in [1.82, 2.24) is 0 Å². The van der Waals surface area contributed by atoms with Gasteiger partial charge in [-0.05, 0) is 36.7 Å². The molecule has 2 nitrogen and oxygen atoms in total. The molecule has 3 heteroatoms. The Labute approximate surface area is 176 Å². The van der Waals surface area contributed by atoms with E-state index in [1.807, 2.05) is 31.3 Å². The van der Waals surface area contributed by atoms with Gasteiger partial charge >= 0.3 is 0 Å². The topological polar surface area (TPSA) is 32.6 Å². The fraction of sp³-hybridized carbons (Fsp3) is 0.269. The van der Waals surface area contributed by atoms with Crippen LogP contribution in [0.3, 0.4) is 0 Å². The quantitative estimate of drug-likeness (QED) is 0.370. The molecule has 1 atom stereocenters. The van der Waals surface area contributed by atoms with Gasteiger partial charge in [-0.2, -0.15) is 0 Å². The van der Waals surface area contributed by atoms with Gasteiger partial charge in [0, 0.05) is 28.9 Å². The monoisotopic (exact) mass is 403 g/mol. The molecule has 0 aliphatic heterocycles. The molecular formula is C26H30NOP. The molecule has 3 aromatic rings. The molecule has 0 heterocycles. The summed E-state index contributed by atoms with van der Waals surface area (Å²) in [6, 6.07) is 24.7. The maximum absolute atomic E-state index is 10.6. The summed E-state index contributed by atoms with van der Waals surface area (Å²) in [5.74, 6) is 0.395. The average Bonchev–Trinajstić information content (AvgIpc) is 2.76. The lowest BCUT2D eigenvalue weighted by Crippen LogP contribution is -2.26. The van der Waals surface area contributed by atoms with Gasteiger partial charge < -0.3 is 5.11 Å². The molecule has 0 radical (unpaired) electrons. The summed E-state index contributed by atoms with van der Waals surface area (Å²) in [7, 11) is 2.41. The molecule has 29 heavy (non-hydrogen) atoms. The fourth-order valence-corrected chi connectivity index (χ4v) is 5.82. The lowest BCUT2D eigenvalue weighted by atomic mass is 9.92. The van der Waals surface area contributed by atoms with Crippen molar-refractivity contribution in [2.45, 2.75) is 38.8 Å². The van der Waals surface area contributed by atoms with Gasteiger partial charge in [0.25, 0.3) is 0 Å². The van der Waals surface area contributed by atoms with E-state index < -0.39 is 0 Å². The fourth-order valence-electron chi connectivity index (χ4n) is 4.02. The van der Waals surface area contributed by atoms with E-state index in [1.54, 1.807) is 0 Å². The van der Waals surface area contributed by atoms with E-state index in [0.29, 0.717) is 14.3 Å². The summed E-state index contributed by atoms with van der Waals surface area (Å²) in [5, 5.41) is 11.9. The molecule has 0 aliphatic rings. The van der Waals surface area contributed by atoms with Crippen LogP contribution in [0.4, 0.5) is 0 Å². The Morgan fingerprint density at radius 1 is 0.897 bits per heavy atom. The Balaban J connectivity index is 2.15. The van der Waals surface area contributed by atoms with E-state index in [9.17, 15) is 5.11 Å². The van der Waals surface area contributed by atoms with Gasteiger partial charge in [-0.15, -0.1) is 0 Å². The number of aliphatic imine (C=N–C) groups is 1. The Bertz CT molecular complexity index is 991. The van der Waals surface area contributed by atoms with Crippen LogP contribution in [0, 0.1) is 6.92 Å². The average molecular weight is 404 g/mol. The van der Waals surface area contributed by atoms with Crippen LogP contribution in [-0.2, 0) is 5.16 Å². The number of hydrogen-bond donors (Lipinski definition) is 1. The predicted molar refractivity (Wildman–Crippen MR) is 127 cm³/mol. The normalized spacial score (nSPS) is 12.6. The van der Waals surface area contributed by atoms with Crippen LogP contribution in [0.25, 0.3) is 0 Å². The van der Waals surface area contributed by atoms with Crippen molar-refractivity contribution in [2.75, 3.05) is 7.05 Å². The zero-order valence-electron chi connectivity index (χ0n) is 17.7. The molecule has 3 aromatic carbocycles. The highest BCUT2D eigenvalue weighted by Gasteiger charge is 2.33. The number of hydrogen-bond acceptors (Lipinski definition) is 2. The Morgan fingerprint density at radius 2 is 1.55 bits per heavy atom. The van der Waals surface area contributed by atoms with E-state index in [4.69, 9.17) is 0 Å². The van der Waals surface area contributed by atoms with E-state index in [2.05, 4.69) is 74.3 Å². The third-order valence-corrected chi connectivity index (χ3v) is 8.16. The smallest absolute Gasteiger partial charge is 0.119 e. The largest absolute Gasteiger partial charge is 0.508 e. The molecule has 1 N–H and O–H groups in total. The first kappa shape index (κ1) is 21.3. The van der Waals surface area contributed by atoms with Crippen LogP contribution in [0.1, 0.15) is 48.9 Å². The number of phenols is 1. The minimum absolute atomic E-state index is 0.0955. The lowest BCUT2D eigenvalue weighted by molar-refractivity contribution is 0.448. The van der Waals surface area contributed by atoms with Crippen molar-refractivity contribution in [3.05, 3.63) is 95.1 Å². The second-order valence-electron chi connectivity index (χ2n) is 7.37. The molecular weight excluding hydrogens is 373 g/mol. The third kappa shape index (κ3) is 4.28. The second kappa shape index (κ2) is 9.37. The number of nitrogens with zero attached hydrogens (tertiary/aromatic N) is 1. The van der Waals surface area contributed by atoms with Crippen molar-refractivity contribution in [2.24, 2.45) is 4.99 Å². The summed E-state index contributed by atoms with van der Waals surface area (Å²) < 4.78 is 0. The van der Waals surface area contributed by atoms with Crippen LogP contribution in [0.2, 0.25) is 0 Å². The lowest BCUT2D eigenvalue weighted by Gasteiger charge is -2.34. The summed E-state index contributed by atoms with van der Waals surface area (Å²) in [4.78, 5) is 4.67. The van der Waals surface area contributed by atoms with Crippen molar-refractivity contribution < 1.29 is 5.11 Å². The van der Waals surface area contributed by atoms with Crippen LogP contribution in [0.15, 0.2) is 77.8 Å². The Morgan fingerprint density at radius 3 is 2.17 bits per heavy atom. The highest BCUT2D eigenvalue weighted by atomic mass is 31.1. The Hall–Kier alpha value is -2.44. The number of benzene rings is 3. The minimum atomic E-state index is -0.0955. The summed E-state index contributed by atoms with van der Waals surface area (Å²) in [5.41, 5.74) is 5.67. The Kier molecular flexibility index (Phi) is 6.87. The third-order valence-electron chi connectivity index (χ3n) is 5.79. The van der Waals surface area contributed by atoms with Crippen molar-refractivity contribution in [3.63, 3.8) is 0 Å². The van der Waals surface area contributed by atoms with Gasteiger partial charge in [0.05, 0.1) is 5.71 Å². The van der Waals surface area contributed by atoms with Gasteiger partial charge in [-0.3, -0.25) is 4.99 Å². The first-order valence-corrected chi connectivity index (χ1v) is 11.2. The minimum Gasteiger partial charge on any atom is -0.508 e. The van der Waals surface area contributed by atoms with E-state index in [0.717, 1.165) is 29.7 Å². The van der Waals surface area contributed by atoms with Crippen LogP contribution in [0.5, 0.6) is 5.75 Å². The molecule has 0 spiro atoms. The molecule has 150 valence electrons. The molecule has 0 saturated carbocycles. The molecule has 1 unspecified atom stereocenters. The molecule has 3 rings (SSSR count). The molecule has 0 amide bonds. The zero-order valence-corrected chi connectivity index (χ0v) is 18.7. The summed E-state index contributed by atoms with van der Waals surface area (Å²) in [6.45, 7) is 6.64. The first-order chi connectivity index (χ1) is 14.1. The van der Waals surface area contributed by atoms with Crippen LogP contribution >= 0.6 is 8.58 Å². The first-order valence-electron chi connectivity index (χ1n) is 10.2. The van der Waals surface area contributed by atoms with Gasteiger partial charge in [-0.1, -0.05) is 89.2 Å². The van der Waals surface area contributed by atoms with Gasteiger partial charge in [-0.25, -0.2) is 0 Å². The number of aromatic hydroxyl groups is 1. The van der Waals surface area contributed by atoms with Crippen LogP contribution < -0.4 is 5.30 Å². The van der Waals surface area contributed by atoms with Crippen molar-refractivity contribution >= 4 is 19.6 Å². The number of aryl methyl sites for hydroxylation is 1. The SMILES string of the molecule is CCC(CC)(Pc1c(C)cccc1C(=NC)c1ccccc1)c1ccccc1O. The van der Waals surface area contributed by atoms with Crippen molar-refractivity contribution in [1.29, 1.82) is 0 Å². The molecule has 0 fully saturated rings. The molecule has 0 aliphatic carbocycles. The standard InChI is InChI=1S/C26H30NOP/c1-5-26(6-2,22-17-10-11-18-23(22)28)29-25-19(3)13-12-16-21(25)24(27-4)20-14-8-7-9-15-20/h7-18,28-29H,5-6H2,1-4H3. The van der Waals surface area contributed by atoms with Crippen molar-refractivity contribution in [3.8, 4) is 5.75 Å². The summed E-state index contributed by atoms with van der Waals surface area (Å²) in [6.07, 6.45) is 1.94. The van der Waals surface area contributed by atoms with E-state index in [-0.39, 0.29) is 5.16 Å². The number of rotatable bonds is 7. The van der Waals surface area contributed by atoms with Crippen LogP contribution in [-0.4, -0.2) is 17.9 Å². The maximum atomic E-state index is 10.6. The second-order valence-corrected chi connectivity index (χ2v) is 9.07. The van der Waals surface area contributed by atoms with Gasteiger partial charge in [0.1, 0.15) is 5.75 Å². The number of para-hydroxylation sites is 1.